The Morgan fingerprint density at radius 3 is 2.48 bits per heavy atom. The summed E-state index contributed by atoms with van der Waals surface area (Å²) in [5.41, 5.74) is 8.36. The molecule has 0 aliphatic carbocycles. The molecule has 0 unspecified atom stereocenters. The number of fused-ring (bicyclic) bond motifs is 1. The Morgan fingerprint density at radius 2 is 1.76 bits per heavy atom. The van der Waals surface area contributed by atoms with Crippen molar-refractivity contribution in [1.82, 2.24) is 0 Å². The van der Waals surface area contributed by atoms with Crippen molar-refractivity contribution in [2.75, 3.05) is 18.9 Å². The minimum absolute atomic E-state index is 0.0938. The Kier molecular flexibility index (Phi) is 3.59. The normalized spacial score (nSPS) is 13.0. The highest BCUT2D eigenvalue weighted by atomic mass is 79.9. The van der Waals surface area contributed by atoms with Gasteiger partial charge in [-0.1, -0.05) is 6.07 Å². The van der Waals surface area contributed by atoms with Crippen LogP contribution in [-0.4, -0.2) is 19.0 Å². The van der Waals surface area contributed by atoms with E-state index in [1.807, 2.05) is 13.0 Å². The van der Waals surface area contributed by atoms with Crippen LogP contribution in [0.3, 0.4) is 0 Å². The van der Waals surface area contributed by atoms with Crippen LogP contribution in [0.1, 0.15) is 21.5 Å². The zero-order valence-corrected chi connectivity index (χ0v) is 13.1. The van der Waals surface area contributed by atoms with Gasteiger partial charge in [-0.25, -0.2) is 0 Å². The molecule has 0 saturated carbocycles. The molecule has 3 rings (SSSR count). The van der Waals surface area contributed by atoms with Gasteiger partial charge in [-0.3, -0.25) is 4.79 Å². The second-order valence-electron chi connectivity index (χ2n) is 4.88. The summed E-state index contributed by atoms with van der Waals surface area (Å²) in [6, 6.07) is 8.80. The quantitative estimate of drug-likeness (QED) is 0.668. The summed E-state index contributed by atoms with van der Waals surface area (Å²) < 4.78 is 11.7. The van der Waals surface area contributed by atoms with Crippen molar-refractivity contribution in [3.63, 3.8) is 0 Å². The number of ketones is 1. The molecule has 0 amide bonds. The first-order chi connectivity index (χ1) is 10.1. The van der Waals surface area contributed by atoms with Crippen molar-refractivity contribution in [3.05, 3.63) is 51.5 Å². The third-order valence-electron chi connectivity index (χ3n) is 3.38. The highest BCUT2D eigenvalue weighted by molar-refractivity contribution is 9.10. The molecule has 2 aromatic carbocycles. The van der Waals surface area contributed by atoms with Crippen molar-refractivity contribution in [2.45, 2.75) is 6.92 Å². The zero-order chi connectivity index (χ0) is 15.0. The summed E-state index contributed by atoms with van der Waals surface area (Å²) in [5.74, 6) is 1.15. The standard InChI is InChI=1S/C16H14BrNO3/c1-9-2-3-10(18)6-11(9)16(19)12-7-14-15(8-13(12)17)21-5-4-20-14/h2-3,6-8H,4-5,18H2,1H3. The summed E-state index contributed by atoms with van der Waals surface area (Å²) in [4.78, 5) is 12.7. The van der Waals surface area contributed by atoms with Gasteiger partial charge in [-0.15, -0.1) is 0 Å². The average Bonchev–Trinajstić information content (AvgIpc) is 2.48. The van der Waals surface area contributed by atoms with Gasteiger partial charge in [0.15, 0.2) is 17.3 Å². The number of aryl methyl sites for hydroxylation is 1. The molecule has 0 radical (unpaired) electrons. The smallest absolute Gasteiger partial charge is 0.194 e. The Labute approximate surface area is 131 Å². The molecule has 0 atom stereocenters. The molecule has 2 aromatic rings. The molecule has 0 saturated heterocycles. The van der Waals surface area contributed by atoms with E-state index in [0.717, 1.165) is 5.56 Å². The SMILES string of the molecule is Cc1ccc(N)cc1C(=O)c1cc2c(cc1Br)OCCO2. The summed E-state index contributed by atoms with van der Waals surface area (Å²) in [5, 5.41) is 0. The average molecular weight is 348 g/mol. The number of halogens is 1. The number of hydrogen-bond acceptors (Lipinski definition) is 4. The fraction of sp³-hybridized carbons (Fsp3) is 0.188. The van der Waals surface area contributed by atoms with Gasteiger partial charge in [0.2, 0.25) is 0 Å². The molecule has 21 heavy (non-hydrogen) atoms. The summed E-state index contributed by atoms with van der Waals surface area (Å²) >= 11 is 3.43. The van der Waals surface area contributed by atoms with Crippen LogP contribution in [0.4, 0.5) is 5.69 Å². The summed E-state index contributed by atoms with van der Waals surface area (Å²) in [6.07, 6.45) is 0. The number of rotatable bonds is 2. The second-order valence-corrected chi connectivity index (χ2v) is 5.73. The van der Waals surface area contributed by atoms with E-state index >= 15 is 0 Å². The molecule has 0 spiro atoms. The molecule has 4 nitrogen and oxygen atoms in total. The van der Waals surface area contributed by atoms with E-state index in [-0.39, 0.29) is 5.78 Å². The van der Waals surface area contributed by atoms with Crippen molar-refractivity contribution < 1.29 is 14.3 Å². The lowest BCUT2D eigenvalue weighted by Gasteiger charge is -2.19. The van der Waals surface area contributed by atoms with E-state index in [4.69, 9.17) is 15.2 Å². The Bertz CT molecular complexity index is 728. The maximum atomic E-state index is 12.7. The topological polar surface area (TPSA) is 61.6 Å². The number of hydrogen-bond donors (Lipinski definition) is 1. The van der Waals surface area contributed by atoms with Crippen molar-refractivity contribution in [2.24, 2.45) is 0 Å². The van der Waals surface area contributed by atoms with Gasteiger partial charge in [0.05, 0.1) is 0 Å². The predicted octanol–water partition coefficient (Wildman–Crippen LogP) is 3.34. The molecule has 1 aliphatic rings. The van der Waals surface area contributed by atoms with Gasteiger partial charge in [-0.05, 0) is 52.7 Å². The van der Waals surface area contributed by atoms with Gasteiger partial charge in [0.25, 0.3) is 0 Å². The van der Waals surface area contributed by atoms with E-state index in [1.165, 1.54) is 0 Å². The van der Waals surface area contributed by atoms with Crippen LogP contribution in [0.15, 0.2) is 34.8 Å². The van der Waals surface area contributed by atoms with Crippen LogP contribution < -0.4 is 15.2 Å². The first-order valence-electron chi connectivity index (χ1n) is 6.56. The molecular weight excluding hydrogens is 334 g/mol. The van der Waals surface area contributed by atoms with Crippen LogP contribution >= 0.6 is 15.9 Å². The molecule has 108 valence electrons. The maximum absolute atomic E-state index is 12.7. The molecule has 1 heterocycles. The zero-order valence-electron chi connectivity index (χ0n) is 11.5. The second kappa shape index (κ2) is 5.41. The maximum Gasteiger partial charge on any atom is 0.194 e. The van der Waals surface area contributed by atoms with Gasteiger partial charge < -0.3 is 15.2 Å². The third-order valence-corrected chi connectivity index (χ3v) is 4.04. The van der Waals surface area contributed by atoms with Crippen LogP contribution in [-0.2, 0) is 0 Å². The van der Waals surface area contributed by atoms with E-state index in [2.05, 4.69) is 15.9 Å². The van der Waals surface area contributed by atoms with Crippen LogP contribution in [0.2, 0.25) is 0 Å². The minimum atomic E-state index is -0.0938. The number of carbonyl (C=O) groups excluding carboxylic acids is 1. The van der Waals surface area contributed by atoms with Crippen LogP contribution in [0.25, 0.3) is 0 Å². The number of nitrogen functional groups attached to an aromatic ring is 1. The predicted molar refractivity (Wildman–Crippen MR) is 84.2 cm³/mol. The number of nitrogens with two attached hydrogens (primary N) is 1. The van der Waals surface area contributed by atoms with Gasteiger partial charge in [0, 0.05) is 21.3 Å². The molecular formula is C16H14BrNO3. The fourth-order valence-corrected chi connectivity index (χ4v) is 2.77. The highest BCUT2D eigenvalue weighted by Gasteiger charge is 2.20. The summed E-state index contributed by atoms with van der Waals surface area (Å²) in [7, 11) is 0. The Balaban J connectivity index is 2.07. The molecule has 2 N–H and O–H groups in total. The monoisotopic (exact) mass is 347 g/mol. The number of benzene rings is 2. The van der Waals surface area contributed by atoms with Gasteiger partial charge in [-0.2, -0.15) is 0 Å². The Morgan fingerprint density at radius 1 is 1.10 bits per heavy atom. The van der Waals surface area contributed by atoms with Crippen molar-refractivity contribution in [3.8, 4) is 11.5 Å². The minimum Gasteiger partial charge on any atom is -0.486 e. The number of carbonyl (C=O) groups is 1. The summed E-state index contributed by atoms with van der Waals surface area (Å²) in [6.45, 7) is 2.89. The molecule has 0 fully saturated rings. The largest absolute Gasteiger partial charge is 0.486 e. The van der Waals surface area contributed by atoms with Crippen LogP contribution in [0.5, 0.6) is 11.5 Å². The third kappa shape index (κ3) is 2.61. The lowest BCUT2D eigenvalue weighted by Crippen LogP contribution is -2.16. The van der Waals surface area contributed by atoms with Crippen LogP contribution in [0, 0.1) is 6.92 Å². The molecule has 1 aliphatic heterocycles. The van der Waals surface area contributed by atoms with E-state index in [0.29, 0.717) is 46.0 Å². The lowest BCUT2D eigenvalue weighted by molar-refractivity contribution is 0.103. The molecule has 0 aromatic heterocycles. The first-order valence-corrected chi connectivity index (χ1v) is 7.35. The number of anilines is 1. The molecule has 0 bridgehead atoms. The van der Waals surface area contributed by atoms with Crippen molar-refractivity contribution >= 4 is 27.4 Å². The van der Waals surface area contributed by atoms with E-state index in [1.54, 1.807) is 24.3 Å². The Hall–Kier alpha value is -2.01. The van der Waals surface area contributed by atoms with Gasteiger partial charge in [0.1, 0.15) is 13.2 Å². The van der Waals surface area contributed by atoms with Crippen molar-refractivity contribution in [1.29, 1.82) is 0 Å². The van der Waals surface area contributed by atoms with Gasteiger partial charge >= 0.3 is 0 Å². The lowest BCUT2D eigenvalue weighted by atomic mass is 9.98. The highest BCUT2D eigenvalue weighted by Crippen LogP contribution is 2.36. The van der Waals surface area contributed by atoms with E-state index in [9.17, 15) is 4.79 Å². The van der Waals surface area contributed by atoms with E-state index < -0.39 is 0 Å². The molecule has 5 heteroatoms. The number of ether oxygens (including phenoxy) is 2. The first kappa shape index (κ1) is 13.9. The fourth-order valence-electron chi connectivity index (χ4n) is 2.27.